The van der Waals surface area contributed by atoms with Gasteiger partial charge in [-0.3, -0.25) is 6.08 Å². The van der Waals surface area contributed by atoms with Crippen LogP contribution < -0.4 is 24.8 Å². The van der Waals surface area contributed by atoms with E-state index < -0.39 is 8.07 Å². The van der Waals surface area contributed by atoms with Gasteiger partial charge in [0.25, 0.3) is 0 Å². The molecular weight excluding hydrogens is 635 g/mol. The van der Waals surface area contributed by atoms with Gasteiger partial charge in [-0.2, -0.15) is 6.08 Å². The van der Waals surface area contributed by atoms with Crippen molar-refractivity contribution in [3.63, 3.8) is 0 Å². The zero-order chi connectivity index (χ0) is 29.2. The van der Waals surface area contributed by atoms with Crippen molar-refractivity contribution in [3.8, 4) is 0 Å². The van der Waals surface area contributed by atoms with E-state index in [-0.39, 0.29) is 35.6 Å². The Morgan fingerprint density at radius 3 is 1.49 bits per heavy atom. The first kappa shape index (κ1) is 38.4. The van der Waals surface area contributed by atoms with E-state index in [0.717, 1.165) is 0 Å². The number of rotatable bonds is 1. The van der Waals surface area contributed by atoms with Crippen LogP contribution in [0.2, 0.25) is 19.6 Å². The second-order valence-electron chi connectivity index (χ2n) is 14.8. The fourth-order valence-electron chi connectivity index (χ4n) is 5.56. The summed E-state index contributed by atoms with van der Waals surface area (Å²) < 4.78 is 1.80. The van der Waals surface area contributed by atoms with Crippen molar-refractivity contribution in [2.75, 3.05) is 0 Å². The normalized spacial score (nSPS) is 17.4. The van der Waals surface area contributed by atoms with Gasteiger partial charge in [-0.25, -0.2) is 10.8 Å². The number of hydrogen-bond acceptors (Lipinski definition) is 0. The molecule has 3 aromatic rings. The van der Waals surface area contributed by atoms with Gasteiger partial charge in [-0.15, -0.1) is 39.7 Å². The Morgan fingerprint density at radius 1 is 0.780 bits per heavy atom. The van der Waals surface area contributed by atoms with Gasteiger partial charge in [0.1, 0.15) is 0 Å². The van der Waals surface area contributed by atoms with E-state index in [1.807, 2.05) is 0 Å². The molecule has 0 heterocycles. The van der Waals surface area contributed by atoms with Gasteiger partial charge >= 0.3 is 59.5 Å². The number of benzene rings is 2. The summed E-state index contributed by atoms with van der Waals surface area (Å²) in [7, 11) is -1.07. The Labute approximate surface area is 280 Å². The molecule has 0 aliphatic heterocycles. The Kier molecular flexibility index (Phi) is 14.4. The van der Waals surface area contributed by atoms with Gasteiger partial charge in [0.2, 0.25) is 0 Å². The van der Waals surface area contributed by atoms with Crippen molar-refractivity contribution in [3.05, 3.63) is 76.5 Å². The molecule has 1 atom stereocenters. The summed E-state index contributed by atoms with van der Waals surface area (Å²) in [6.07, 6.45) is 13.1. The summed E-state index contributed by atoms with van der Waals surface area (Å²) >= 11 is 1.69. The SMILES string of the molecule is CC(C)(C)c1ccc2[cH-]c3ccc(C(C)(C)C)cc3c2c1.CC1=[C-]C(C)C=C1[Si](C)(C)C.[Cl-].[Cl-].[Zr+2]=[C]1CCCCC1. The van der Waals surface area contributed by atoms with Crippen molar-refractivity contribution in [1.82, 2.24) is 0 Å². The molecular formula is C37H52Cl2SiZr-2. The average molecular weight is 687 g/mol. The van der Waals surface area contributed by atoms with Crippen molar-refractivity contribution in [2.45, 2.75) is 118 Å². The second-order valence-corrected chi connectivity index (χ2v) is 21.6. The molecule has 0 aromatic heterocycles. The standard InChI is InChI=1S/C21H25.C10H17Si.C6H10.2ClH.Zr/c1-20(2,3)16-9-7-14-11-15-8-10-17(21(4,5)6)13-19(15)18(14)12-16;1-8-6-9(2)10(7-8)11(3,4)5;1-2-4-6-5-3-1;;;/h7-13H,1-6H3;7-8H,1-5H3;1-5H2;2*1H;/q2*-1;;;;+2/p-2. The quantitative estimate of drug-likeness (QED) is 0.245. The van der Waals surface area contributed by atoms with Crippen LogP contribution in [0.4, 0.5) is 0 Å². The Morgan fingerprint density at radius 2 is 1.22 bits per heavy atom. The average Bonchev–Trinajstić information content (AvgIpc) is 3.37. The van der Waals surface area contributed by atoms with Crippen LogP contribution in [0.25, 0.3) is 21.5 Å². The fourth-order valence-corrected chi connectivity index (χ4v) is 8.37. The predicted octanol–water partition coefficient (Wildman–Crippen LogP) is 5.17. The third-order valence-corrected chi connectivity index (χ3v) is 11.4. The van der Waals surface area contributed by atoms with Gasteiger partial charge in [0.05, 0.1) is 0 Å². The molecule has 1 saturated carbocycles. The molecule has 0 radical (unpaired) electrons. The summed E-state index contributed by atoms with van der Waals surface area (Å²) in [5.74, 6) is 0.553. The summed E-state index contributed by atoms with van der Waals surface area (Å²) in [6, 6.07) is 16.1. The molecule has 0 saturated heterocycles. The van der Waals surface area contributed by atoms with Crippen LogP contribution in [-0.2, 0) is 35.1 Å². The van der Waals surface area contributed by atoms with Crippen LogP contribution in [0.5, 0.6) is 0 Å². The molecule has 2 aliphatic rings. The summed E-state index contributed by atoms with van der Waals surface area (Å²) in [5, 5.41) is 7.09. The van der Waals surface area contributed by atoms with Crippen LogP contribution in [0.1, 0.15) is 98.6 Å². The van der Waals surface area contributed by atoms with E-state index in [2.05, 4.69) is 130 Å². The van der Waals surface area contributed by atoms with E-state index in [4.69, 9.17) is 0 Å². The first-order chi connectivity index (χ1) is 18.0. The van der Waals surface area contributed by atoms with Crippen molar-refractivity contribution < 1.29 is 49.0 Å². The van der Waals surface area contributed by atoms with E-state index in [1.165, 1.54) is 70.3 Å². The Hall–Kier alpha value is -0.660. The predicted molar refractivity (Wildman–Crippen MR) is 176 cm³/mol. The van der Waals surface area contributed by atoms with Crippen LogP contribution in [-0.4, -0.2) is 11.3 Å². The fraction of sp³-hybridized carbons (Fsp3) is 0.514. The number of halogens is 2. The minimum absolute atomic E-state index is 0. The van der Waals surface area contributed by atoms with Crippen LogP contribution >= 0.6 is 0 Å². The van der Waals surface area contributed by atoms with Crippen LogP contribution in [0.3, 0.4) is 0 Å². The molecule has 2 aliphatic carbocycles. The number of allylic oxidation sites excluding steroid dienone is 4. The molecule has 41 heavy (non-hydrogen) atoms. The third-order valence-electron chi connectivity index (χ3n) is 7.97. The van der Waals surface area contributed by atoms with Crippen LogP contribution in [0.15, 0.2) is 59.3 Å². The van der Waals surface area contributed by atoms with Gasteiger partial charge in [-0.1, -0.05) is 116 Å². The maximum atomic E-state index is 3.43. The molecule has 1 fully saturated rings. The van der Waals surface area contributed by atoms with Crippen LogP contribution in [0, 0.1) is 12.0 Å². The Balaban J connectivity index is 0.000000353. The van der Waals surface area contributed by atoms with Crippen molar-refractivity contribution >= 4 is 32.8 Å². The molecule has 0 N–H and O–H groups in total. The van der Waals surface area contributed by atoms with Crippen molar-refractivity contribution in [2.24, 2.45) is 5.92 Å². The van der Waals surface area contributed by atoms with E-state index in [0.29, 0.717) is 5.92 Å². The summed E-state index contributed by atoms with van der Waals surface area (Å²) in [6.45, 7) is 25.2. The molecule has 1 unspecified atom stereocenters. The molecule has 0 nitrogen and oxygen atoms in total. The first-order valence-corrected chi connectivity index (χ1v) is 19.7. The molecule has 224 valence electrons. The number of hydrogen-bond donors (Lipinski definition) is 0. The zero-order valence-electron chi connectivity index (χ0n) is 27.5. The first-order valence-electron chi connectivity index (χ1n) is 15.0. The third kappa shape index (κ3) is 10.8. The second kappa shape index (κ2) is 15.4. The molecule has 0 bridgehead atoms. The van der Waals surface area contributed by atoms with E-state index in [1.54, 1.807) is 32.6 Å². The van der Waals surface area contributed by atoms with Gasteiger partial charge in [0.15, 0.2) is 0 Å². The maximum absolute atomic E-state index is 3.43. The van der Waals surface area contributed by atoms with E-state index in [9.17, 15) is 0 Å². The summed E-state index contributed by atoms with van der Waals surface area (Å²) in [5.41, 5.74) is 4.60. The van der Waals surface area contributed by atoms with Gasteiger partial charge < -0.3 is 24.8 Å². The Bertz CT molecular complexity index is 1290. The molecule has 0 spiro atoms. The molecule has 4 heteroatoms. The number of fused-ring (bicyclic) bond motifs is 3. The molecule has 3 aromatic carbocycles. The summed E-state index contributed by atoms with van der Waals surface area (Å²) in [4.78, 5) is 0. The van der Waals surface area contributed by atoms with Crippen molar-refractivity contribution in [1.29, 1.82) is 0 Å². The monoisotopic (exact) mass is 684 g/mol. The van der Waals surface area contributed by atoms with Gasteiger partial charge in [-0.05, 0) is 18.9 Å². The minimum atomic E-state index is -1.07. The zero-order valence-corrected chi connectivity index (χ0v) is 32.5. The van der Waals surface area contributed by atoms with Gasteiger partial charge in [0, 0.05) is 0 Å². The molecule has 5 rings (SSSR count). The topological polar surface area (TPSA) is 0 Å². The molecule has 0 amide bonds. The van der Waals surface area contributed by atoms with E-state index >= 15 is 0 Å².